The first-order valence-corrected chi connectivity index (χ1v) is 6.63. The lowest BCUT2D eigenvalue weighted by atomic mass is 10.1. The molecule has 0 amide bonds. The molecule has 1 aromatic heterocycles. The van der Waals surface area contributed by atoms with Crippen molar-refractivity contribution >= 4 is 16.5 Å². The number of fused-ring (bicyclic) bond motifs is 1. The molecule has 0 atom stereocenters. The zero-order chi connectivity index (χ0) is 13.8. The maximum absolute atomic E-state index is 5.95. The van der Waals surface area contributed by atoms with Gasteiger partial charge in [0.1, 0.15) is 5.75 Å². The maximum atomic E-state index is 5.95. The number of aromatic nitrogens is 1. The molecule has 0 spiro atoms. The van der Waals surface area contributed by atoms with Crippen molar-refractivity contribution in [3.63, 3.8) is 0 Å². The Bertz CT molecular complexity index is 711. The van der Waals surface area contributed by atoms with Crippen molar-refractivity contribution in [2.45, 2.75) is 6.42 Å². The minimum absolute atomic E-state index is 0.644. The Morgan fingerprint density at radius 3 is 2.65 bits per heavy atom. The van der Waals surface area contributed by atoms with Crippen molar-refractivity contribution in [2.24, 2.45) is 0 Å². The summed E-state index contributed by atoms with van der Waals surface area (Å²) in [5, 5.41) is 1.94. The van der Waals surface area contributed by atoms with Crippen molar-refractivity contribution in [3.05, 3.63) is 66.5 Å². The zero-order valence-electron chi connectivity index (χ0n) is 11.1. The fourth-order valence-corrected chi connectivity index (χ4v) is 2.23. The highest BCUT2D eigenvalue weighted by Crippen LogP contribution is 2.29. The second-order valence-electron chi connectivity index (χ2n) is 4.66. The molecule has 3 aromatic rings. The fraction of sp³-hybridized carbons (Fsp3) is 0.118. The van der Waals surface area contributed by atoms with E-state index in [0.717, 1.165) is 28.6 Å². The molecule has 0 bridgehead atoms. The van der Waals surface area contributed by atoms with Gasteiger partial charge in [-0.05, 0) is 23.8 Å². The van der Waals surface area contributed by atoms with Crippen LogP contribution in [0.15, 0.2) is 60.9 Å². The number of nitrogens with two attached hydrogens (primary N) is 1. The van der Waals surface area contributed by atoms with Crippen LogP contribution in [0, 0.1) is 0 Å². The predicted molar refractivity (Wildman–Crippen MR) is 81.8 cm³/mol. The molecule has 0 saturated heterocycles. The van der Waals surface area contributed by atoms with Gasteiger partial charge in [0, 0.05) is 35.3 Å². The summed E-state index contributed by atoms with van der Waals surface area (Å²) in [6, 6.07) is 16.0. The lowest BCUT2D eigenvalue weighted by Gasteiger charge is -2.10. The van der Waals surface area contributed by atoms with E-state index in [2.05, 4.69) is 17.1 Å². The van der Waals surface area contributed by atoms with Crippen LogP contribution < -0.4 is 10.5 Å². The van der Waals surface area contributed by atoms with Gasteiger partial charge in [-0.15, -0.1) is 0 Å². The Kier molecular flexibility index (Phi) is 3.50. The molecule has 0 saturated carbocycles. The zero-order valence-corrected chi connectivity index (χ0v) is 11.1. The minimum Gasteiger partial charge on any atom is -0.493 e. The van der Waals surface area contributed by atoms with Crippen LogP contribution in [-0.4, -0.2) is 11.6 Å². The van der Waals surface area contributed by atoms with Crippen molar-refractivity contribution in [1.29, 1.82) is 0 Å². The first-order chi connectivity index (χ1) is 9.84. The summed E-state index contributed by atoms with van der Waals surface area (Å²) in [4.78, 5) is 4.11. The molecule has 0 fully saturated rings. The topological polar surface area (TPSA) is 48.1 Å². The van der Waals surface area contributed by atoms with Crippen LogP contribution in [0.25, 0.3) is 10.8 Å². The quantitative estimate of drug-likeness (QED) is 0.734. The van der Waals surface area contributed by atoms with Crippen LogP contribution in [0.4, 0.5) is 5.69 Å². The van der Waals surface area contributed by atoms with Gasteiger partial charge in [0.05, 0.1) is 6.61 Å². The molecule has 3 heteroatoms. The largest absolute Gasteiger partial charge is 0.493 e. The van der Waals surface area contributed by atoms with Gasteiger partial charge in [0.2, 0.25) is 0 Å². The normalized spacial score (nSPS) is 10.6. The molecule has 0 radical (unpaired) electrons. The molecule has 1 heterocycles. The first-order valence-electron chi connectivity index (χ1n) is 6.63. The summed E-state index contributed by atoms with van der Waals surface area (Å²) in [7, 11) is 0. The molecular weight excluding hydrogens is 248 g/mol. The lowest BCUT2D eigenvalue weighted by molar-refractivity contribution is 0.326. The van der Waals surface area contributed by atoms with Crippen LogP contribution in [0.5, 0.6) is 5.75 Å². The van der Waals surface area contributed by atoms with Crippen LogP contribution in [0.2, 0.25) is 0 Å². The number of pyridine rings is 1. The monoisotopic (exact) mass is 264 g/mol. The number of hydrogen-bond acceptors (Lipinski definition) is 3. The number of nitrogens with zero attached hydrogens (tertiary/aromatic N) is 1. The number of anilines is 1. The summed E-state index contributed by atoms with van der Waals surface area (Å²) in [6.45, 7) is 0.644. The smallest absolute Gasteiger partial charge is 0.127 e. The van der Waals surface area contributed by atoms with Crippen LogP contribution >= 0.6 is 0 Å². The van der Waals surface area contributed by atoms with Crippen LogP contribution in [0.1, 0.15) is 5.56 Å². The highest BCUT2D eigenvalue weighted by Gasteiger charge is 2.05. The third kappa shape index (κ3) is 2.57. The number of nitrogen functional groups attached to an aromatic ring is 1. The molecule has 0 unspecified atom stereocenters. The number of ether oxygens (including phenoxy) is 1. The van der Waals surface area contributed by atoms with Crippen molar-refractivity contribution in [2.75, 3.05) is 12.3 Å². The van der Waals surface area contributed by atoms with Crippen molar-refractivity contribution < 1.29 is 4.74 Å². The van der Waals surface area contributed by atoms with E-state index in [-0.39, 0.29) is 0 Å². The van der Waals surface area contributed by atoms with Crippen LogP contribution in [0.3, 0.4) is 0 Å². The molecule has 2 aromatic carbocycles. The van der Waals surface area contributed by atoms with E-state index in [9.17, 15) is 0 Å². The summed E-state index contributed by atoms with van der Waals surface area (Å²) < 4.78 is 5.89. The number of rotatable bonds is 4. The Morgan fingerprint density at radius 1 is 0.950 bits per heavy atom. The fourth-order valence-electron chi connectivity index (χ4n) is 2.23. The molecule has 3 rings (SSSR count). The average Bonchev–Trinajstić information content (AvgIpc) is 2.51. The van der Waals surface area contributed by atoms with Gasteiger partial charge in [0.15, 0.2) is 0 Å². The molecule has 100 valence electrons. The third-order valence-electron chi connectivity index (χ3n) is 3.30. The molecule has 0 aliphatic rings. The molecule has 20 heavy (non-hydrogen) atoms. The van der Waals surface area contributed by atoms with E-state index in [1.165, 1.54) is 5.56 Å². The van der Waals surface area contributed by atoms with E-state index < -0.39 is 0 Å². The second kappa shape index (κ2) is 5.61. The number of benzene rings is 2. The van der Waals surface area contributed by atoms with Gasteiger partial charge in [0.25, 0.3) is 0 Å². The van der Waals surface area contributed by atoms with Gasteiger partial charge in [-0.2, -0.15) is 0 Å². The molecule has 2 N–H and O–H groups in total. The van der Waals surface area contributed by atoms with E-state index >= 15 is 0 Å². The Hall–Kier alpha value is -2.55. The SMILES string of the molecule is Nc1ccc(OCCc2ccccc2)c2ccncc12. The van der Waals surface area contributed by atoms with E-state index in [4.69, 9.17) is 10.5 Å². The minimum atomic E-state index is 0.644. The summed E-state index contributed by atoms with van der Waals surface area (Å²) >= 11 is 0. The second-order valence-corrected chi connectivity index (χ2v) is 4.66. The van der Waals surface area contributed by atoms with Crippen molar-refractivity contribution in [3.8, 4) is 5.75 Å². The standard InChI is InChI=1S/C17H16N2O/c18-16-6-7-17(14-8-10-19-12-15(14)16)20-11-9-13-4-2-1-3-5-13/h1-8,10,12H,9,11,18H2. The Morgan fingerprint density at radius 2 is 1.80 bits per heavy atom. The van der Waals surface area contributed by atoms with E-state index in [1.54, 1.807) is 12.4 Å². The maximum Gasteiger partial charge on any atom is 0.127 e. The molecule has 0 aliphatic heterocycles. The van der Waals surface area contributed by atoms with Gasteiger partial charge < -0.3 is 10.5 Å². The molecule has 3 nitrogen and oxygen atoms in total. The van der Waals surface area contributed by atoms with Gasteiger partial charge in [-0.1, -0.05) is 30.3 Å². The van der Waals surface area contributed by atoms with Crippen molar-refractivity contribution in [1.82, 2.24) is 4.98 Å². The van der Waals surface area contributed by atoms with Crippen LogP contribution in [-0.2, 0) is 6.42 Å². The summed E-state index contributed by atoms with van der Waals surface area (Å²) in [5.74, 6) is 0.854. The lowest BCUT2D eigenvalue weighted by Crippen LogP contribution is -2.02. The van der Waals surface area contributed by atoms with Gasteiger partial charge in [-0.3, -0.25) is 4.98 Å². The average molecular weight is 264 g/mol. The van der Waals surface area contributed by atoms with E-state index in [0.29, 0.717) is 6.61 Å². The summed E-state index contributed by atoms with van der Waals surface area (Å²) in [5.41, 5.74) is 7.95. The van der Waals surface area contributed by atoms with Gasteiger partial charge >= 0.3 is 0 Å². The van der Waals surface area contributed by atoms with Gasteiger partial charge in [-0.25, -0.2) is 0 Å². The molecular formula is C17H16N2O. The predicted octanol–water partition coefficient (Wildman–Crippen LogP) is 3.44. The Balaban J connectivity index is 1.77. The molecule has 0 aliphatic carbocycles. The highest BCUT2D eigenvalue weighted by molar-refractivity contribution is 5.96. The third-order valence-corrected chi connectivity index (χ3v) is 3.30. The summed E-state index contributed by atoms with van der Waals surface area (Å²) in [6.07, 6.45) is 4.42. The highest BCUT2D eigenvalue weighted by atomic mass is 16.5. The Labute approximate surface area is 118 Å². The van der Waals surface area contributed by atoms with E-state index in [1.807, 2.05) is 36.4 Å². The number of hydrogen-bond donors (Lipinski definition) is 1. The first kappa shape index (κ1) is 12.5.